The predicted molar refractivity (Wildman–Crippen MR) is 111 cm³/mol. The molecule has 5 rings (SSSR count). The molecule has 2 aromatic carbocycles. The predicted octanol–water partition coefficient (Wildman–Crippen LogP) is 4.46. The number of benzene rings is 2. The summed E-state index contributed by atoms with van der Waals surface area (Å²) in [6, 6.07) is 19.7. The van der Waals surface area contributed by atoms with Crippen molar-refractivity contribution in [1.29, 1.82) is 5.26 Å². The first-order valence-electron chi connectivity index (χ1n) is 8.68. The lowest BCUT2D eigenvalue weighted by atomic mass is 10.0. The van der Waals surface area contributed by atoms with Gasteiger partial charge in [-0.2, -0.15) is 5.26 Å². The Kier molecular flexibility index (Phi) is 3.60. The number of hydrogen-bond donors (Lipinski definition) is 1. The normalized spacial score (nSPS) is 11.1. The van der Waals surface area contributed by atoms with Crippen LogP contribution in [0, 0.1) is 18.3 Å². The molecule has 0 fully saturated rings. The van der Waals surface area contributed by atoms with Gasteiger partial charge in [0.25, 0.3) is 0 Å². The summed E-state index contributed by atoms with van der Waals surface area (Å²) in [5, 5.41) is 20.0. The average molecular weight is 382 g/mol. The van der Waals surface area contributed by atoms with Gasteiger partial charge in [0.1, 0.15) is 27.0 Å². The number of rotatable bonds is 2. The molecule has 134 valence electrons. The van der Waals surface area contributed by atoms with Crippen LogP contribution in [-0.2, 0) is 0 Å². The van der Waals surface area contributed by atoms with Gasteiger partial charge in [0, 0.05) is 10.9 Å². The minimum absolute atomic E-state index is 0.398. The van der Waals surface area contributed by atoms with Crippen molar-refractivity contribution in [1.82, 2.24) is 20.0 Å². The first kappa shape index (κ1) is 16.4. The summed E-state index contributed by atoms with van der Waals surface area (Å²) in [5.41, 5.74) is 11.4. The maximum absolute atomic E-state index is 9.75. The van der Waals surface area contributed by atoms with Crippen molar-refractivity contribution in [3.8, 4) is 22.3 Å². The lowest BCUT2D eigenvalue weighted by Crippen LogP contribution is -1.99. The highest BCUT2D eigenvalue weighted by atomic mass is 32.1. The van der Waals surface area contributed by atoms with Crippen LogP contribution in [0.3, 0.4) is 0 Å². The van der Waals surface area contributed by atoms with E-state index in [0.717, 1.165) is 37.4 Å². The number of para-hydroxylation sites is 1. The summed E-state index contributed by atoms with van der Waals surface area (Å²) in [4.78, 5) is 5.58. The number of nitrogens with zero attached hydrogens (tertiary/aromatic N) is 5. The zero-order valence-corrected chi connectivity index (χ0v) is 15.7. The highest BCUT2D eigenvalue weighted by Gasteiger charge is 2.21. The van der Waals surface area contributed by atoms with Gasteiger partial charge in [-0.05, 0) is 24.6 Å². The Labute approximate surface area is 164 Å². The summed E-state index contributed by atoms with van der Waals surface area (Å²) >= 11 is 1.50. The molecule has 0 bridgehead atoms. The van der Waals surface area contributed by atoms with Crippen molar-refractivity contribution >= 4 is 38.3 Å². The lowest BCUT2D eigenvalue weighted by Gasteiger charge is -2.08. The van der Waals surface area contributed by atoms with Crippen LogP contribution in [0.2, 0.25) is 0 Å². The van der Waals surface area contributed by atoms with Crippen LogP contribution in [0.15, 0.2) is 54.6 Å². The van der Waals surface area contributed by atoms with Gasteiger partial charge in [-0.15, -0.1) is 5.10 Å². The van der Waals surface area contributed by atoms with E-state index in [-0.39, 0.29) is 0 Å². The molecule has 2 N–H and O–H groups in total. The van der Waals surface area contributed by atoms with Crippen molar-refractivity contribution in [2.45, 2.75) is 6.92 Å². The quantitative estimate of drug-likeness (QED) is 0.486. The average Bonchev–Trinajstić information content (AvgIpc) is 3.29. The smallest absolute Gasteiger partial charge is 0.128 e. The van der Waals surface area contributed by atoms with Crippen molar-refractivity contribution in [2.75, 3.05) is 5.73 Å². The number of nitrogen functional groups attached to an aromatic ring is 1. The summed E-state index contributed by atoms with van der Waals surface area (Å²) in [6.45, 7) is 1.98. The maximum Gasteiger partial charge on any atom is 0.128 e. The van der Waals surface area contributed by atoms with E-state index in [1.807, 2.05) is 66.2 Å². The highest BCUT2D eigenvalue weighted by molar-refractivity contribution is 7.21. The fourth-order valence-electron chi connectivity index (χ4n) is 3.43. The number of nitrogens with two attached hydrogens (primary N) is 1. The Morgan fingerprint density at radius 2 is 1.82 bits per heavy atom. The fourth-order valence-corrected chi connectivity index (χ4v) is 4.59. The van der Waals surface area contributed by atoms with Crippen LogP contribution in [-0.4, -0.2) is 20.0 Å². The number of aryl methyl sites for hydroxylation is 1. The van der Waals surface area contributed by atoms with Crippen LogP contribution in [0.5, 0.6) is 0 Å². The molecule has 28 heavy (non-hydrogen) atoms. The van der Waals surface area contributed by atoms with Gasteiger partial charge in [-0.3, -0.25) is 0 Å². The zero-order valence-electron chi connectivity index (χ0n) is 14.9. The van der Waals surface area contributed by atoms with Crippen LogP contribution in [0.4, 0.5) is 5.69 Å². The van der Waals surface area contributed by atoms with E-state index in [1.54, 1.807) is 0 Å². The minimum atomic E-state index is 0.398. The van der Waals surface area contributed by atoms with Gasteiger partial charge >= 0.3 is 0 Å². The van der Waals surface area contributed by atoms with E-state index in [0.29, 0.717) is 16.9 Å². The Balaban J connectivity index is 1.82. The molecule has 0 saturated carbocycles. The number of hydrogen-bond acceptors (Lipinski definition) is 6. The van der Waals surface area contributed by atoms with E-state index in [9.17, 15) is 5.26 Å². The molecule has 7 heteroatoms. The van der Waals surface area contributed by atoms with Crippen LogP contribution < -0.4 is 5.73 Å². The molecule has 3 heterocycles. The van der Waals surface area contributed by atoms with Crippen molar-refractivity contribution in [3.63, 3.8) is 0 Å². The standard InChI is InChI=1S/C21H14N6S/c1-12-17-18(23)14(11-22)19(13-7-3-2-4-8-13)24-20(17)28-21(12)27-16-10-6-5-9-15(16)25-26-27/h2-10H,1H3,(H2,23,24). The fraction of sp³-hybridized carbons (Fsp3) is 0.0476. The maximum atomic E-state index is 9.75. The van der Waals surface area contributed by atoms with Crippen molar-refractivity contribution < 1.29 is 0 Å². The molecule has 0 unspecified atom stereocenters. The molecule has 0 aliphatic rings. The third kappa shape index (κ3) is 2.29. The largest absolute Gasteiger partial charge is 0.397 e. The van der Waals surface area contributed by atoms with E-state index in [2.05, 4.69) is 16.4 Å². The van der Waals surface area contributed by atoms with Crippen molar-refractivity contribution in [3.05, 3.63) is 65.7 Å². The number of thiophene rings is 1. The molecule has 5 aromatic rings. The summed E-state index contributed by atoms with van der Waals surface area (Å²) < 4.78 is 1.81. The van der Waals surface area contributed by atoms with Gasteiger partial charge in [-0.1, -0.05) is 59.0 Å². The van der Waals surface area contributed by atoms with Gasteiger partial charge < -0.3 is 5.73 Å². The number of nitriles is 1. The molecule has 0 spiro atoms. The van der Waals surface area contributed by atoms with Crippen LogP contribution >= 0.6 is 11.3 Å². The molecule has 0 radical (unpaired) electrons. The molecule has 0 amide bonds. The molecule has 0 aliphatic carbocycles. The topological polar surface area (TPSA) is 93.4 Å². The number of anilines is 1. The number of pyridine rings is 1. The monoisotopic (exact) mass is 382 g/mol. The third-order valence-electron chi connectivity index (χ3n) is 4.80. The number of aromatic nitrogens is 4. The molecule has 0 aliphatic heterocycles. The van der Waals surface area contributed by atoms with Gasteiger partial charge in [-0.25, -0.2) is 9.67 Å². The lowest BCUT2D eigenvalue weighted by molar-refractivity contribution is 0.832. The van der Waals surface area contributed by atoms with Gasteiger partial charge in [0.15, 0.2) is 0 Å². The molecule has 0 atom stereocenters. The Bertz CT molecular complexity index is 1390. The second kappa shape index (κ2) is 6.15. The second-order valence-electron chi connectivity index (χ2n) is 6.43. The Hall–Kier alpha value is -3.76. The first-order chi connectivity index (χ1) is 13.7. The zero-order chi connectivity index (χ0) is 19.3. The van der Waals surface area contributed by atoms with E-state index < -0.39 is 0 Å². The summed E-state index contributed by atoms with van der Waals surface area (Å²) in [7, 11) is 0. The highest BCUT2D eigenvalue weighted by Crippen LogP contribution is 2.40. The van der Waals surface area contributed by atoms with Gasteiger partial charge in [0.2, 0.25) is 0 Å². The SMILES string of the molecule is Cc1c(-n2nnc3ccccc32)sc2nc(-c3ccccc3)c(C#N)c(N)c12. The Morgan fingerprint density at radius 3 is 2.61 bits per heavy atom. The summed E-state index contributed by atoms with van der Waals surface area (Å²) in [5.74, 6) is 0. The van der Waals surface area contributed by atoms with E-state index in [1.165, 1.54) is 11.3 Å². The van der Waals surface area contributed by atoms with Crippen LogP contribution in [0.1, 0.15) is 11.1 Å². The third-order valence-corrected chi connectivity index (χ3v) is 5.96. The van der Waals surface area contributed by atoms with Gasteiger partial charge in [0.05, 0.1) is 16.9 Å². The van der Waals surface area contributed by atoms with Crippen molar-refractivity contribution in [2.24, 2.45) is 0 Å². The first-order valence-corrected chi connectivity index (χ1v) is 9.49. The van der Waals surface area contributed by atoms with E-state index >= 15 is 0 Å². The molecule has 6 nitrogen and oxygen atoms in total. The Morgan fingerprint density at radius 1 is 1.07 bits per heavy atom. The molecule has 3 aromatic heterocycles. The van der Waals surface area contributed by atoms with Crippen LogP contribution in [0.25, 0.3) is 37.5 Å². The second-order valence-corrected chi connectivity index (χ2v) is 7.41. The van der Waals surface area contributed by atoms with E-state index in [4.69, 9.17) is 10.7 Å². The number of fused-ring (bicyclic) bond motifs is 2. The molecular weight excluding hydrogens is 368 g/mol. The molecular formula is C21H14N6S. The minimum Gasteiger partial charge on any atom is -0.397 e. The molecule has 0 saturated heterocycles. The summed E-state index contributed by atoms with van der Waals surface area (Å²) in [6.07, 6.45) is 0.